The maximum atomic E-state index is 12.5. The van der Waals surface area contributed by atoms with Gasteiger partial charge in [0, 0.05) is 24.8 Å². The number of aryl methyl sites for hydroxylation is 1. The van der Waals surface area contributed by atoms with Gasteiger partial charge in [-0.3, -0.25) is 9.59 Å². The summed E-state index contributed by atoms with van der Waals surface area (Å²) in [5.74, 6) is 0.126. The molecule has 1 aliphatic heterocycles. The van der Waals surface area contributed by atoms with Crippen LogP contribution in [0.25, 0.3) is 11.2 Å². The number of nitrogens with zero attached hydrogens (tertiary/aromatic N) is 3. The second-order valence-electron chi connectivity index (χ2n) is 6.52. The lowest BCUT2D eigenvalue weighted by molar-refractivity contribution is -0.126. The fourth-order valence-electron chi connectivity index (χ4n) is 3.15. The number of benzene rings is 1. The number of imidazole rings is 1. The molecule has 0 bridgehead atoms. The molecule has 7 nitrogen and oxygen atoms in total. The lowest BCUT2D eigenvalue weighted by Crippen LogP contribution is -2.32. The fraction of sp³-hybridized carbons (Fsp3) is 0.263. The summed E-state index contributed by atoms with van der Waals surface area (Å²) >= 11 is 0. The number of nitrogens with one attached hydrogen (secondary N) is 2. The number of carbonyl (C=O) groups excluding carboxylic acids is 2. The van der Waals surface area contributed by atoms with Crippen LogP contribution in [0.3, 0.4) is 0 Å². The highest BCUT2D eigenvalue weighted by Gasteiger charge is 2.35. The monoisotopic (exact) mass is 349 g/mol. The molecule has 3 aromatic rings. The molecule has 26 heavy (non-hydrogen) atoms. The van der Waals surface area contributed by atoms with Gasteiger partial charge in [-0.1, -0.05) is 17.7 Å². The van der Waals surface area contributed by atoms with Gasteiger partial charge in [0.25, 0.3) is 0 Å². The second kappa shape index (κ2) is 6.59. The minimum Gasteiger partial charge on any atom is -0.349 e. The minimum absolute atomic E-state index is 0.0260. The molecular formula is C19H19N5O2. The summed E-state index contributed by atoms with van der Waals surface area (Å²) in [6.45, 7) is 2.68. The number of amides is 2. The molecule has 0 unspecified atom stereocenters. The van der Waals surface area contributed by atoms with Gasteiger partial charge in [0.05, 0.1) is 18.0 Å². The van der Waals surface area contributed by atoms with Crippen LogP contribution in [0, 0.1) is 12.8 Å². The van der Waals surface area contributed by atoms with E-state index in [1.807, 2.05) is 43.3 Å². The van der Waals surface area contributed by atoms with Crippen molar-refractivity contribution in [1.29, 1.82) is 0 Å². The largest absolute Gasteiger partial charge is 0.349 e. The summed E-state index contributed by atoms with van der Waals surface area (Å²) in [5, 5.41) is 2.86. The van der Waals surface area contributed by atoms with Crippen LogP contribution in [0.15, 0.2) is 42.6 Å². The molecule has 2 N–H and O–H groups in total. The predicted molar refractivity (Wildman–Crippen MR) is 97.4 cm³/mol. The third kappa shape index (κ3) is 3.15. The molecule has 1 atom stereocenters. The van der Waals surface area contributed by atoms with Crippen LogP contribution in [0.2, 0.25) is 0 Å². The number of H-pyrrole nitrogens is 1. The van der Waals surface area contributed by atoms with Gasteiger partial charge in [-0.2, -0.15) is 0 Å². The highest BCUT2D eigenvalue weighted by molar-refractivity contribution is 6.00. The van der Waals surface area contributed by atoms with Crippen molar-refractivity contribution in [1.82, 2.24) is 20.3 Å². The molecule has 0 radical (unpaired) electrons. The minimum atomic E-state index is -0.355. The van der Waals surface area contributed by atoms with Crippen LogP contribution >= 0.6 is 0 Å². The van der Waals surface area contributed by atoms with Crippen molar-refractivity contribution in [2.45, 2.75) is 19.9 Å². The van der Waals surface area contributed by atoms with Crippen molar-refractivity contribution in [2.75, 3.05) is 11.4 Å². The molecule has 7 heteroatoms. The van der Waals surface area contributed by atoms with Crippen LogP contribution in [0.5, 0.6) is 0 Å². The van der Waals surface area contributed by atoms with Gasteiger partial charge in [0.15, 0.2) is 5.65 Å². The van der Waals surface area contributed by atoms with Crippen molar-refractivity contribution in [3.05, 3.63) is 54.0 Å². The Balaban J connectivity index is 1.39. The molecule has 4 rings (SSSR count). The van der Waals surface area contributed by atoms with E-state index in [4.69, 9.17) is 0 Å². The summed E-state index contributed by atoms with van der Waals surface area (Å²) in [4.78, 5) is 38.0. The molecule has 0 saturated carbocycles. The Kier molecular flexibility index (Phi) is 4.12. The molecule has 2 aromatic heterocycles. The number of aromatic amines is 1. The summed E-state index contributed by atoms with van der Waals surface area (Å²) in [5.41, 5.74) is 3.42. The average Bonchev–Trinajstić information content (AvgIpc) is 3.23. The normalized spacial score (nSPS) is 17.0. The van der Waals surface area contributed by atoms with E-state index in [1.54, 1.807) is 11.1 Å². The molecule has 3 heterocycles. The average molecular weight is 349 g/mol. The van der Waals surface area contributed by atoms with Crippen molar-refractivity contribution >= 4 is 28.7 Å². The van der Waals surface area contributed by atoms with Crippen LogP contribution < -0.4 is 10.2 Å². The SMILES string of the molecule is Cc1ccc(N2C[C@H](C(=O)NCc3nc4ncccc4[nH]3)CC2=O)cc1. The first-order chi connectivity index (χ1) is 12.6. The van der Waals surface area contributed by atoms with E-state index in [2.05, 4.69) is 20.3 Å². The van der Waals surface area contributed by atoms with Crippen molar-refractivity contribution in [3.8, 4) is 0 Å². The number of anilines is 1. The van der Waals surface area contributed by atoms with E-state index in [0.29, 0.717) is 18.0 Å². The molecule has 1 saturated heterocycles. The first kappa shape index (κ1) is 16.3. The standard InChI is InChI=1S/C19H19N5O2/c1-12-4-6-14(7-5-12)24-11-13(9-17(24)25)19(26)21-10-16-22-15-3-2-8-20-18(15)23-16/h2-8,13H,9-11H2,1H3,(H,21,26)(H,20,22,23)/t13-/m1/s1. The molecule has 2 amide bonds. The summed E-state index contributed by atoms with van der Waals surface area (Å²) in [6, 6.07) is 11.5. The third-order valence-corrected chi connectivity index (χ3v) is 4.58. The highest BCUT2D eigenvalue weighted by Crippen LogP contribution is 2.25. The zero-order valence-corrected chi connectivity index (χ0v) is 14.4. The van der Waals surface area contributed by atoms with E-state index < -0.39 is 0 Å². The number of hydrogen-bond acceptors (Lipinski definition) is 4. The van der Waals surface area contributed by atoms with Crippen LogP contribution in [-0.4, -0.2) is 33.3 Å². The number of rotatable bonds is 4. The summed E-state index contributed by atoms with van der Waals surface area (Å²) in [6.07, 6.45) is 1.90. The van der Waals surface area contributed by atoms with Crippen LogP contribution in [0.4, 0.5) is 5.69 Å². The Labute approximate surface area is 150 Å². The number of hydrogen-bond donors (Lipinski definition) is 2. The first-order valence-electron chi connectivity index (χ1n) is 8.54. The maximum Gasteiger partial charge on any atom is 0.227 e. The number of aromatic nitrogens is 3. The number of pyridine rings is 1. The lowest BCUT2D eigenvalue weighted by atomic mass is 10.1. The summed E-state index contributed by atoms with van der Waals surface area (Å²) < 4.78 is 0. The highest BCUT2D eigenvalue weighted by atomic mass is 16.2. The van der Waals surface area contributed by atoms with Gasteiger partial charge < -0.3 is 15.2 Å². The molecule has 0 spiro atoms. The predicted octanol–water partition coefficient (Wildman–Crippen LogP) is 1.94. The molecular weight excluding hydrogens is 330 g/mol. The quantitative estimate of drug-likeness (QED) is 0.753. The fourth-order valence-corrected chi connectivity index (χ4v) is 3.15. The maximum absolute atomic E-state index is 12.5. The van der Waals surface area contributed by atoms with Gasteiger partial charge in [0.1, 0.15) is 5.82 Å². The molecule has 132 valence electrons. The molecule has 0 aliphatic carbocycles. The Morgan fingerprint density at radius 2 is 2.12 bits per heavy atom. The van der Waals surface area contributed by atoms with Gasteiger partial charge in [-0.05, 0) is 31.2 Å². The van der Waals surface area contributed by atoms with E-state index in [9.17, 15) is 9.59 Å². The number of fused-ring (bicyclic) bond motifs is 1. The first-order valence-corrected chi connectivity index (χ1v) is 8.54. The van der Waals surface area contributed by atoms with Gasteiger partial charge >= 0.3 is 0 Å². The van der Waals surface area contributed by atoms with Crippen molar-refractivity contribution in [3.63, 3.8) is 0 Å². The van der Waals surface area contributed by atoms with E-state index in [0.717, 1.165) is 16.8 Å². The van der Waals surface area contributed by atoms with Gasteiger partial charge in [-0.25, -0.2) is 9.97 Å². The zero-order valence-electron chi connectivity index (χ0n) is 14.4. The van der Waals surface area contributed by atoms with Crippen molar-refractivity contribution in [2.24, 2.45) is 5.92 Å². The van der Waals surface area contributed by atoms with Crippen molar-refractivity contribution < 1.29 is 9.59 Å². The molecule has 1 fully saturated rings. The number of carbonyl (C=O) groups is 2. The van der Waals surface area contributed by atoms with Gasteiger partial charge in [-0.15, -0.1) is 0 Å². The van der Waals surface area contributed by atoms with E-state index in [-0.39, 0.29) is 30.7 Å². The Bertz CT molecular complexity index is 930. The Morgan fingerprint density at radius 3 is 2.88 bits per heavy atom. The smallest absolute Gasteiger partial charge is 0.227 e. The van der Waals surface area contributed by atoms with E-state index in [1.165, 1.54) is 0 Å². The zero-order chi connectivity index (χ0) is 18.1. The Morgan fingerprint density at radius 1 is 1.31 bits per heavy atom. The van der Waals surface area contributed by atoms with Crippen LogP contribution in [0.1, 0.15) is 17.8 Å². The molecule has 1 aliphatic rings. The van der Waals surface area contributed by atoms with Crippen LogP contribution in [-0.2, 0) is 16.1 Å². The second-order valence-corrected chi connectivity index (χ2v) is 6.52. The van der Waals surface area contributed by atoms with E-state index >= 15 is 0 Å². The van der Waals surface area contributed by atoms with Gasteiger partial charge in [0.2, 0.25) is 11.8 Å². The lowest BCUT2D eigenvalue weighted by Gasteiger charge is -2.16. The Hall–Kier alpha value is -3.22. The molecule has 1 aromatic carbocycles. The topological polar surface area (TPSA) is 91.0 Å². The summed E-state index contributed by atoms with van der Waals surface area (Å²) in [7, 11) is 0. The third-order valence-electron chi connectivity index (χ3n) is 4.58.